The number of aliphatic imine (C=N–C) groups is 1. The highest BCUT2D eigenvalue weighted by Crippen LogP contribution is 2.51. The van der Waals surface area contributed by atoms with E-state index in [9.17, 15) is 9.90 Å². The molecular formula is C18H29N3O3. The van der Waals surface area contributed by atoms with E-state index >= 15 is 0 Å². The third kappa shape index (κ3) is 4.05. The largest absolute Gasteiger partial charge is 0.511 e. The van der Waals surface area contributed by atoms with Crippen LogP contribution in [0.4, 0.5) is 0 Å². The molecule has 1 saturated heterocycles. The molecule has 0 unspecified atom stereocenters. The Bertz CT molecular complexity index is 518. The van der Waals surface area contributed by atoms with Crippen LogP contribution < -0.4 is 0 Å². The molecule has 0 aromatic carbocycles. The lowest BCUT2D eigenvalue weighted by Crippen LogP contribution is -2.47. The van der Waals surface area contributed by atoms with Crippen LogP contribution in [0.3, 0.4) is 0 Å². The van der Waals surface area contributed by atoms with E-state index in [1.165, 1.54) is 6.42 Å². The topological polar surface area (TPSA) is 76.4 Å². The standard InChI is InChI=1S/C18H29N3O3/c22-11-10-21-8-6-20(7-9-21)5-4-19-14-15-16(23)12-18(2-1-3-18)13-17(15)24/h14,22-23H,1-13H2. The fourth-order valence-corrected chi connectivity index (χ4v) is 4.02. The molecule has 0 aromatic rings. The number of carbonyl (C=O) groups excluding carboxylic acids is 1. The van der Waals surface area contributed by atoms with E-state index in [4.69, 9.17) is 5.11 Å². The smallest absolute Gasteiger partial charge is 0.168 e. The van der Waals surface area contributed by atoms with Crippen LogP contribution in [0.5, 0.6) is 0 Å². The Morgan fingerprint density at radius 1 is 1.08 bits per heavy atom. The second-order valence-electron chi connectivity index (χ2n) is 7.43. The summed E-state index contributed by atoms with van der Waals surface area (Å²) in [7, 11) is 0. The monoisotopic (exact) mass is 335 g/mol. The molecule has 1 aliphatic heterocycles. The fraction of sp³-hybridized carbons (Fsp3) is 0.778. The van der Waals surface area contributed by atoms with Gasteiger partial charge in [0.05, 0.1) is 18.7 Å². The van der Waals surface area contributed by atoms with Crippen molar-refractivity contribution in [1.82, 2.24) is 9.80 Å². The summed E-state index contributed by atoms with van der Waals surface area (Å²) in [5.41, 5.74) is 0.493. The van der Waals surface area contributed by atoms with Gasteiger partial charge in [-0.25, -0.2) is 0 Å². The van der Waals surface area contributed by atoms with Crippen LogP contribution in [0, 0.1) is 5.41 Å². The summed E-state index contributed by atoms with van der Waals surface area (Å²) in [6.45, 7) is 6.44. The summed E-state index contributed by atoms with van der Waals surface area (Å²) < 4.78 is 0. The van der Waals surface area contributed by atoms with Crippen LogP contribution >= 0.6 is 0 Å². The quantitative estimate of drug-likeness (QED) is 0.709. The normalized spacial score (nSPS) is 25.6. The van der Waals surface area contributed by atoms with Crippen LogP contribution in [0.25, 0.3) is 0 Å². The molecule has 3 rings (SSSR count). The zero-order valence-corrected chi connectivity index (χ0v) is 14.4. The lowest BCUT2D eigenvalue weighted by atomic mass is 9.61. The number of β-amino-alcohol motifs (C(OH)–C–C–N with tert-alkyl or cyclic N) is 1. The lowest BCUT2D eigenvalue weighted by molar-refractivity contribution is -0.120. The lowest BCUT2D eigenvalue weighted by Gasteiger charge is -2.43. The van der Waals surface area contributed by atoms with Gasteiger partial charge in [-0.15, -0.1) is 0 Å². The van der Waals surface area contributed by atoms with E-state index < -0.39 is 0 Å². The van der Waals surface area contributed by atoms with Crippen LogP contribution in [-0.4, -0.2) is 84.4 Å². The van der Waals surface area contributed by atoms with Crippen molar-refractivity contribution in [2.75, 3.05) is 52.4 Å². The van der Waals surface area contributed by atoms with Gasteiger partial charge in [0.15, 0.2) is 5.78 Å². The first-order chi connectivity index (χ1) is 11.6. The minimum atomic E-state index is 0.0554. The van der Waals surface area contributed by atoms with Gasteiger partial charge >= 0.3 is 0 Å². The fourth-order valence-electron chi connectivity index (χ4n) is 4.02. The molecule has 2 N–H and O–H groups in total. The minimum Gasteiger partial charge on any atom is -0.511 e. The molecule has 134 valence electrons. The van der Waals surface area contributed by atoms with E-state index in [1.54, 1.807) is 6.21 Å². The third-order valence-corrected chi connectivity index (χ3v) is 5.75. The Balaban J connectivity index is 1.43. The van der Waals surface area contributed by atoms with Crippen LogP contribution in [0.15, 0.2) is 16.3 Å². The second kappa shape index (κ2) is 7.76. The summed E-state index contributed by atoms with van der Waals surface area (Å²) in [5, 5.41) is 19.1. The van der Waals surface area contributed by atoms with Gasteiger partial charge in [-0.2, -0.15) is 0 Å². The van der Waals surface area contributed by atoms with Crippen molar-refractivity contribution >= 4 is 12.0 Å². The third-order valence-electron chi connectivity index (χ3n) is 5.75. The number of Topliss-reactive ketones (excluding diaryl/α,β-unsaturated/α-hetero) is 1. The molecule has 0 aromatic heterocycles. The van der Waals surface area contributed by atoms with E-state index in [0.717, 1.165) is 52.1 Å². The van der Waals surface area contributed by atoms with Crippen molar-refractivity contribution in [3.8, 4) is 0 Å². The Labute approximate surface area is 143 Å². The van der Waals surface area contributed by atoms with Crippen molar-refractivity contribution in [2.45, 2.75) is 32.1 Å². The van der Waals surface area contributed by atoms with Gasteiger partial charge in [-0.05, 0) is 18.3 Å². The van der Waals surface area contributed by atoms with Gasteiger partial charge in [0.1, 0.15) is 5.76 Å². The predicted molar refractivity (Wildman–Crippen MR) is 93.5 cm³/mol. The summed E-state index contributed by atoms with van der Waals surface area (Å²) >= 11 is 0. The average Bonchev–Trinajstić information content (AvgIpc) is 2.53. The van der Waals surface area contributed by atoms with Gasteiger partial charge < -0.3 is 10.2 Å². The highest BCUT2D eigenvalue weighted by molar-refractivity contribution is 6.14. The Hall–Kier alpha value is -1.24. The molecule has 24 heavy (non-hydrogen) atoms. The number of aliphatic hydroxyl groups is 2. The van der Waals surface area contributed by atoms with E-state index in [0.29, 0.717) is 25.0 Å². The molecule has 6 nitrogen and oxygen atoms in total. The molecule has 0 radical (unpaired) electrons. The molecule has 1 saturated carbocycles. The van der Waals surface area contributed by atoms with Gasteiger partial charge in [0, 0.05) is 58.3 Å². The SMILES string of the molecule is O=C1CC2(CCC2)CC(O)=C1C=NCCN1CCN(CCO)CC1. The Morgan fingerprint density at radius 3 is 2.29 bits per heavy atom. The van der Waals surface area contributed by atoms with Crippen LogP contribution in [0.2, 0.25) is 0 Å². The highest BCUT2D eigenvalue weighted by atomic mass is 16.3. The second-order valence-corrected chi connectivity index (χ2v) is 7.43. The maximum Gasteiger partial charge on any atom is 0.168 e. The van der Waals surface area contributed by atoms with Crippen LogP contribution in [0.1, 0.15) is 32.1 Å². The summed E-state index contributed by atoms with van der Waals surface area (Å²) in [6.07, 6.45) is 6.11. The minimum absolute atomic E-state index is 0.0554. The van der Waals surface area contributed by atoms with Gasteiger partial charge in [-0.1, -0.05) is 6.42 Å². The Morgan fingerprint density at radius 2 is 1.75 bits per heavy atom. The zero-order valence-electron chi connectivity index (χ0n) is 14.4. The molecule has 2 aliphatic carbocycles. The number of carbonyl (C=O) groups is 1. The van der Waals surface area contributed by atoms with Crippen molar-refractivity contribution in [2.24, 2.45) is 10.4 Å². The number of piperazine rings is 1. The maximum absolute atomic E-state index is 12.3. The van der Waals surface area contributed by atoms with Gasteiger partial charge in [0.25, 0.3) is 0 Å². The number of ketones is 1. The van der Waals surface area contributed by atoms with E-state index in [2.05, 4.69) is 14.8 Å². The highest BCUT2D eigenvalue weighted by Gasteiger charge is 2.43. The molecule has 0 amide bonds. The summed E-state index contributed by atoms with van der Waals surface area (Å²) in [5.74, 6) is 0.298. The maximum atomic E-state index is 12.3. The number of aliphatic hydroxyl groups excluding tert-OH is 2. The zero-order chi connectivity index (χ0) is 17.0. The first-order valence-electron chi connectivity index (χ1n) is 9.13. The number of hydrogen-bond donors (Lipinski definition) is 2. The molecule has 1 heterocycles. The molecule has 6 heteroatoms. The van der Waals surface area contributed by atoms with Crippen molar-refractivity contribution < 1.29 is 15.0 Å². The molecule has 3 aliphatic rings. The molecule has 0 atom stereocenters. The molecule has 2 fully saturated rings. The number of rotatable bonds is 6. The summed E-state index contributed by atoms with van der Waals surface area (Å²) in [4.78, 5) is 21.3. The van der Waals surface area contributed by atoms with Gasteiger partial charge in [0.2, 0.25) is 0 Å². The van der Waals surface area contributed by atoms with Crippen LogP contribution in [-0.2, 0) is 4.79 Å². The first-order valence-corrected chi connectivity index (χ1v) is 9.13. The number of nitrogens with zero attached hydrogens (tertiary/aromatic N) is 3. The molecular weight excluding hydrogens is 306 g/mol. The van der Waals surface area contributed by atoms with Crippen molar-refractivity contribution in [3.63, 3.8) is 0 Å². The average molecular weight is 335 g/mol. The molecule has 0 bridgehead atoms. The van der Waals surface area contributed by atoms with E-state index in [1.807, 2.05) is 0 Å². The summed E-state index contributed by atoms with van der Waals surface area (Å²) in [6, 6.07) is 0. The van der Waals surface area contributed by atoms with Gasteiger partial charge in [-0.3, -0.25) is 19.6 Å². The number of hydrogen-bond acceptors (Lipinski definition) is 6. The molecule has 1 spiro atoms. The number of allylic oxidation sites excluding steroid dienone is 2. The van der Waals surface area contributed by atoms with E-state index in [-0.39, 0.29) is 23.6 Å². The van der Waals surface area contributed by atoms with Crippen molar-refractivity contribution in [3.05, 3.63) is 11.3 Å². The predicted octanol–water partition coefficient (Wildman–Crippen LogP) is 1.01. The Kier molecular flexibility index (Phi) is 5.69. The van der Waals surface area contributed by atoms with Crippen molar-refractivity contribution in [1.29, 1.82) is 0 Å². The first kappa shape index (κ1) is 17.6.